The Morgan fingerprint density at radius 3 is 2.32 bits per heavy atom. The number of ether oxygens (including phenoxy) is 3. The van der Waals surface area contributed by atoms with Crippen LogP contribution in [0, 0.1) is 5.92 Å². The van der Waals surface area contributed by atoms with E-state index in [0.717, 1.165) is 24.8 Å². The fourth-order valence-electron chi connectivity index (χ4n) is 3.00. The van der Waals surface area contributed by atoms with Crippen molar-refractivity contribution in [3.05, 3.63) is 23.8 Å². The van der Waals surface area contributed by atoms with Crippen LogP contribution in [-0.2, 0) is 20.7 Å². The number of nitrogens with zero attached hydrogens (tertiary/aromatic N) is 1. The largest absolute Gasteiger partial charge is 0.497 e. The van der Waals surface area contributed by atoms with Crippen LogP contribution >= 0.6 is 0 Å². The number of carbonyl (C=O) groups excluding carboxylic acids is 3. The molecular formula is C21H33N3O7. The Morgan fingerprint density at radius 1 is 1.13 bits per heavy atom. The van der Waals surface area contributed by atoms with Crippen LogP contribution in [0.5, 0.6) is 11.5 Å². The number of hydrogen-bond acceptors (Lipinski definition) is 7. The van der Waals surface area contributed by atoms with Crippen molar-refractivity contribution in [3.8, 4) is 11.5 Å². The highest BCUT2D eigenvalue weighted by Crippen LogP contribution is 2.23. The molecule has 0 aliphatic rings. The van der Waals surface area contributed by atoms with Crippen LogP contribution in [0.3, 0.4) is 0 Å². The first kappa shape index (κ1) is 26.0. The summed E-state index contributed by atoms with van der Waals surface area (Å²) >= 11 is 0. The number of hydrazine groups is 1. The van der Waals surface area contributed by atoms with Gasteiger partial charge in [0.25, 0.3) is 0 Å². The van der Waals surface area contributed by atoms with E-state index in [4.69, 9.17) is 14.2 Å². The van der Waals surface area contributed by atoms with Gasteiger partial charge in [-0.15, -0.1) is 0 Å². The number of hydroxylamine groups is 2. The lowest BCUT2D eigenvalue weighted by atomic mass is 10.0. The molecule has 0 saturated carbocycles. The van der Waals surface area contributed by atoms with E-state index >= 15 is 0 Å². The molecule has 174 valence electrons. The summed E-state index contributed by atoms with van der Waals surface area (Å²) in [5.74, 6) is 0.0733. The van der Waals surface area contributed by atoms with Gasteiger partial charge in [0.1, 0.15) is 17.6 Å². The molecule has 1 aromatic carbocycles. The second kappa shape index (κ2) is 14.1. The molecule has 2 unspecified atom stereocenters. The average Bonchev–Trinajstić information content (AvgIpc) is 2.76. The smallest absolute Gasteiger partial charge is 0.426 e. The van der Waals surface area contributed by atoms with Gasteiger partial charge in [0, 0.05) is 12.5 Å². The maximum absolute atomic E-state index is 12.3. The van der Waals surface area contributed by atoms with Crippen LogP contribution in [0.15, 0.2) is 18.2 Å². The summed E-state index contributed by atoms with van der Waals surface area (Å²) in [5.41, 5.74) is 5.35. The Hall–Kier alpha value is -3.01. The van der Waals surface area contributed by atoms with Crippen molar-refractivity contribution in [1.29, 1.82) is 0 Å². The van der Waals surface area contributed by atoms with Crippen molar-refractivity contribution in [3.63, 3.8) is 0 Å². The third-order valence-corrected chi connectivity index (χ3v) is 4.59. The fraction of sp³-hybridized carbons (Fsp3) is 0.571. The number of hydrogen-bond donors (Lipinski definition) is 3. The highest BCUT2D eigenvalue weighted by molar-refractivity contribution is 5.81. The van der Waals surface area contributed by atoms with Gasteiger partial charge in [-0.1, -0.05) is 26.2 Å². The minimum absolute atomic E-state index is 0.163. The molecule has 10 heteroatoms. The minimum atomic E-state index is -0.820. The monoisotopic (exact) mass is 439 g/mol. The van der Waals surface area contributed by atoms with Crippen LogP contribution in [0.2, 0.25) is 0 Å². The van der Waals surface area contributed by atoms with Gasteiger partial charge < -0.3 is 14.2 Å². The summed E-state index contributed by atoms with van der Waals surface area (Å²) in [6, 6.07) is 5.37. The van der Waals surface area contributed by atoms with Crippen molar-refractivity contribution in [2.45, 2.75) is 52.1 Å². The summed E-state index contributed by atoms with van der Waals surface area (Å²) < 4.78 is 15.7. The molecule has 0 aliphatic heterocycles. The molecule has 1 aromatic rings. The topological polar surface area (TPSA) is 126 Å². The van der Waals surface area contributed by atoms with Crippen molar-refractivity contribution in [2.75, 3.05) is 20.8 Å². The van der Waals surface area contributed by atoms with Crippen molar-refractivity contribution < 1.29 is 33.8 Å². The minimum Gasteiger partial charge on any atom is -0.497 e. The first-order chi connectivity index (χ1) is 14.8. The number of amides is 3. The second-order valence-corrected chi connectivity index (χ2v) is 7.18. The van der Waals surface area contributed by atoms with Crippen LogP contribution in [0.25, 0.3) is 0 Å². The molecule has 3 amide bonds. The Morgan fingerprint density at radius 2 is 1.77 bits per heavy atom. The second-order valence-electron chi connectivity index (χ2n) is 7.18. The van der Waals surface area contributed by atoms with Gasteiger partial charge in [0.2, 0.25) is 12.3 Å². The van der Waals surface area contributed by atoms with Crippen LogP contribution in [0.1, 0.15) is 45.1 Å². The van der Waals surface area contributed by atoms with E-state index in [1.54, 1.807) is 27.2 Å². The molecular weight excluding hydrogens is 406 g/mol. The lowest BCUT2D eigenvalue weighted by molar-refractivity contribution is -0.154. The van der Waals surface area contributed by atoms with Crippen LogP contribution < -0.4 is 20.3 Å². The normalized spacial score (nSPS) is 12.3. The molecule has 10 nitrogen and oxygen atoms in total. The number of rotatable bonds is 13. The summed E-state index contributed by atoms with van der Waals surface area (Å²) in [6.07, 6.45) is 2.44. The molecule has 3 N–H and O–H groups in total. The zero-order chi connectivity index (χ0) is 23.2. The third-order valence-electron chi connectivity index (χ3n) is 4.59. The molecule has 0 saturated heterocycles. The van der Waals surface area contributed by atoms with E-state index in [2.05, 4.69) is 10.9 Å². The molecule has 1 rings (SSSR count). The first-order valence-corrected chi connectivity index (χ1v) is 10.2. The molecule has 0 heterocycles. The summed E-state index contributed by atoms with van der Waals surface area (Å²) in [5, 5.41) is 9.82. The van der Waals surface area contributed by atoms with Crippen molar-refractivity contribution >= 4 is 18.4 Å². The molecule has 0 radical (unpaired) electrons. The van der Waals surface area contributed by atoms with E-state index in [0.29, 0.717) is 29.4 Å². The maximum atomic E-state index is 12.3. The lowest BCUT2D eigenvalue weighted by Gasteiger charge is -2.20. The maximum Gasteiger partial charge on any atom is 0.426 e. The average molecular weight is 440 g/mol. The van der Waals surface area contributed by atoms with E-state index in [1.807, 2.05) is 19.1 Å². The summed E-state index contributed by atoms with van der Waals surface area (Å²) in [6.45, 7) is 3.58. The SMILES string of the molecule is CCCCCC(CN(O)C=O)C(=O)NNC(=O)OC(C)Cc1cc(OC)cc(OC)c1. The quantitative estimate of drug-likeness (QED) is 0.186. The third kappa shape index (κ3) is 10.0. The molecule has 2 atom stereocenters. The van der Waals surface area contributed by atoms with E-state index in [-0.39, 0.29) is 13.0 Å². The van der Waals surface area contributed by atoms with Gasteiger partial charge in [-0.3, -0.25) is 20.2 Å². The molecule has 0 spiro atoms. The Kier molecular flexibility index (Phi) is 11.8. The lowest BCUT2D eigenvalue weighted by Crippen LogP contribution is -2.47. The zero-order valence-electron chi connectivity index (χ0n) is 18.6. The molecule has 0 bridgehead atoms. The number of unbranched alkanes of at least 4 members (excludes halogenated alkanes) is 2. The van der Waals surface area contributed by atoms with Gasteiger partial charge in [-0.05, 0) is 31.0 Å². The molecule has 0 aliphatic carbocycles. The van der Waals surface area contributed by atoms with Crippen LogP contribution in [-0.4, -0.2) is 55.5 Å². The Labute approximate surface area is 182 Å². The predicted molar refractivity (Wildman–Crippen MR) is 113 cm³/mol. The predicted octanol–water partition coefficient (Wildman–Crippen LogP) is 2.44. The molecule has 0 aromatic heterocycles. The first-order valence-electron chi connectivity index (χ1n) is 10.2. The highest BCUT2D eigenvalue weighted by Gasteiger charge is 2.21. The van der Waals surface area contributed by atoms with E-state index in [1.165, 1.54) is 0 Å². The number of benzene rings is 1. The van der Waals surface area contributed by atoms with Crippen molar-refractivity contribution in [2.24, 2.45) is 5.92 Å². The number of carbonyl (C=O) groups is 3. The Bertz CT molecular complexity index is 692. The molecule has 0 fully saturated rings. The van der Waals surface area contributed by atoms with E-state index < -0.39 is 24.0 Å². The van der Waals surface area contributed by atoms with Gasteiger partial charge in [-0.2, -0.15) is 0 Å². The van der Waals surface area contributed by atoms with Gasteiger partial charge >= 0.3 is 6.09 Å². The summed E-state index contributed by atoms with van der Waals surface area (Å²) in [4.78, 5) is 35.0. The molecule has 31 heavy (non-hydrogen) atoms. The fourth-order valence-corrected chi connectivity index (χ4v) is 3.00. The van der Waals surface area contributed by atoms with Gasteiger partial charge in [0.15, 0.2) is 0 Å². The van der Waals surface area contributed by atoms with Crippen molar-refractivity contribution in [1.82, 2.24) is 15.9 Å². The highest BCUT2D eigenvalue weighted by atomic mass is 16.6. The number of methoxy groups -OCH3 is 2. The zero-order valence-corrected chi connectivity index (χ0v) is 18.6. The standard InChI is InChI=1S/C21H33N3O7/c1-5-6-7-8-17(13-24(28)14-25)20(26)22-23-21(27)31-15(2)9-16-10-18(29-3)12-19(11-16)30-4/h10-12,14-15,17,28H,5-9,13H2,1-4H3,(H,22,26)(H,23,27). The van der Waals surface area contributed by atoms with E-state index in [9.17, 15) is 19.6 Å². The Balaban J connectivity index is 2.56. The number of nitrogens with one attached hydrogen (secondary N) is 2. The summed E-state index contributed by atoms with van der Waals surface area (Å²) in [7, 11) is 3.10. The van der Waals surface area contributed by atoms with Gasteiger partial charge in [0.05, 0.1) is 26.7 Å². The van der Waals surface area contributed by atoms with Crippen LogP contribution in [0.4, 0.5) is 4.79 Å². The van der Waals surface area contributed by atoms with Gasteiger partial charge in [-0.25, -0.2) is 15.3 Å².